The molecule has 1 aliphatic heterocycles. The van der Waals surface area contributed by atoms with Gasteiger partial charge in [0.05, 0.1) is 29.5 Å². The lowest BCUT2D eigenvalue weighted by atomic mass is 10.1. The van der Waals surface area contributed by atoms with Crippen LogP contribution in [0.5, 0.6) is 0 Å². The van der Waals surface area contributed by atoms with Gasteiger partial charge in [0.15, 0.2) is 0 Å². The monoisotopic (exact) mass is 353 g/mol. The molecule has 6 nitrogen and oxygen atoms in total. The molecule has 120 valence electrons. The Morgan fingerprint density at radius 3 is 2.91 bits per heavy atom. The van der Waals surface area contributed by atoms with Gasteiger partial charge in [-0.2, -0.15) is 0 Å². The van der Waals surface area contributed by atoms with E-state index < -0.39 is 5.56 Å². The molecule has 1 aromatic carbocycles. The first kappa shape index (κ1) is 16.0. The third-order valence-electron chi connectivity index (χ3n) is 3.62. The van der Waals surface area contributed by atoms with Crippen molar-refractivity contribution < 1.29 is 9.53 Å². The van der Waals surface area contributed by atoms with Gasteiger partial charge in [-0.1, -0.05) is 29.3 Å². The van der Waals surface area contributed by atoms with Gasteiger partial charge in [0, 0.05) is 12.7 Å². The molecular weight excluding hydrogens is 341 g/mol. The molecule has 0 bridgehead atoms. The predicted octanol–water partition coefficient (Wildman–Crippen LogP) is 2.29. The average Bonchev–Trinajstić information content (AvgIpc) is 2.57. The van der Waals surface area contributed by atoms with Crippen molar-refractivity contribution >= 4 is 29.1 Å². The number of carbonyl (C=O) groups is 1. The number of nitrogens with zero attached hydrogens (tertiary/aromatic N) is 2. The Morgan fingerprint density at radius 1 is 1.35 bits per heavy atom. The van der Waals surface area contributed by atoms with Crippen LogP contribution in [0.15, 0.2) is 35.5 Å². The molecule has 0 spiro atoms. The summed E-state index contributed by atoms with van der Waals surface area (Å²) in [6, 6.07) is 5.22. The van der Waals surface area contributed by atoms with E-state index in [9.17, 15) is 9.59 Å². The number of amides is 1. The van der Waals surface area contributed by atoms with Crippen LogP contribution in [0, 0.1) is 0 Å². The maximum absolute atomic E-state index is 12.5. The first-order valence-corrected chi connectivity index (χ1v) is 7.70. The number of benzene rings is 1. The van der Waals surface area contributed by atoms with Gasteiger partial charge >= 0.3 is 0 Å². The largest absolute Gasteiger partial charge is 0.370 e. The number of aromatic nitrogens is 2. The second-order valence-corrected chi connectivity index (χ2v) is 5.89. The highest BCUT2D eigenvalue weighted by atomic mass is 35.5. The van der Waals surface area contributed by atoms with Crippen molar-refractivity contribution in [1.82, 2.24) is 14.9 Å². The van der Waals surface area contributed by atoms with Crippen molar-refractivity contribution in [3.05, 3.63) is 62.2 Å². The van der Waals surface area contributed by atoms with E-state index in [-0.39, 0.29) is 17.6 Å². The van der Waals surface area contributed by atoms with Crippen LogP contribution in [0.2, 0.25) is 10.0 Å². The number of aromatic amines is 1. The Balaban J connectivity index is 1.80. The van der Waals surface area contributed by atoms with Crippen molar-refractivity contribution in [3.8, 4) is 0 Å². The van der Waals surface area contributed by atoms with E-state index in [1.54, 1.807) is 17.0 Å². The third-order valence-corrected chi connectivity index (χ3v) is 4.36. The molecule has 23 heavy (non-hydrogen) atoms. The quantitative estimate of drug-likeness (QED) is 0.898. The van der Waals surface area contributed by atoms with Crippen molar-refractivity contribution in [2.45, 2.75) is 6.10 Å². The molecular formula is C15H13Cl2N3O3. The molecule has 2 aromatic rings. The lowest BCUT2D eigenvalue weighted by Crippen LogP contribution is -2.43. The summed E-state index contributed by atoms with van der Waals surface area (Å²) in [6.45, 7) is 1.10. The summed E-state index contributed by atoms with van der Waals surface area (Å²) in [5.74, 6) is -0.368. The van der Waals surface area contributed by atoms with Gasteiger partial charge in [-0.3, -0.25) is 9.59 Å². The Bertz CT molecular complexity index is 794. The zero-order valence-electron chi connectivity index (χ0n) is 12.0. The predicted molar refractivity (Wildman–Crippen MR) is 85.9 cm³/mol. The van der Waals surface area contributed by atoms with Crippen LogP contribution in [-0.2, 0) is 4.74 Å². The maximum atomic E-state index is 12.5. The lowest BCUT2D eigenvalue weighted by molar-refractivity contribution is -0.0228. The number of rotatable bonds is 2. The van der Waals surface area contributed by atoms with E-state index in [2.05, 4.69) is 9.97 Å². The molecule has 1 amide bonds. The van der Waals surface area contributed by atoms with Crippen LogP contribution in [0.25, 0.3) is 0 Å². The standard InChI is InChI=1S/C15H13Cl2N3O3/c16-11-2-1-9(5-12(11)17)13-7-20(3-4-23-13)15(22)10-6-18-8-19-14(10)21/h1-2,5-6,8,13H,3-4,7H2,(H,18,19,21). The van der Waals surface area contributed by atoms with Gasteiger partial charge in [0.1, 0.15) is 11.7 Å². The lowest BCUT2D eigenvalue weighted by Gasteiger charge is -2.33. The van der Waals surface area contributed by atoms with Crippen LogP contribution < -0.4 is 5.56 Å². The molecule has 2 heterocycles. The van der Waals surface area contributed by atoms with Crippen molar-refractivity contribution in [2.75, 3.05) is 19.7 Å². The maximum Gasteiger partial charge on any atom is 0.263 e. The number of halogens is 2. The molecule has 0 saturated carbocycles. The number of hydrogen-bond acceptors (Lipinski definition) is 4. The molecule has 1 saturated heterocycles. The normalized spacial score (nSPS) is 18.0. The zero-order chi connectivity index (χ0) is 16.4. The zero-order valence-corrected chi connectivity index (χ0v) is 13.5. The number of hydrogen-bond donors (Lipinski definition) is 1. The molecule has 1 fully saturated rings. The summed E-state index contributed by atoms with van der Waals surface area (Å²) in [7, 11) is 0. The second-order valence-electron chi connectivity index (χ2n) is 5.08. The number of nitrogens with one attached hydrogen (secondary N) is 1. The first-order chi connectivity index (χ1) is 11.1. The summed E-state index contributed by atoms with van der Waals surface area (Å²) < 4.78 is 5.71. The Hall–Kier alpha value is -1.89. The Labute approximate surface area is 142 Å². The summed E-state index contributed by atoms with van der Waals surface area (Å²) in [4.78, 5) is 32.0. The topological polar surface area (TPSA) is 75.3 Å². The van der Waals surface area contributed by atoms with Gasteiger partial charge < -0.3 is 14.6 Å². The van der Waals surface area contributed by atoms with Crippen LogP contribution in [0.4, 0.5) is 0 Å². The minimum Gasteiger partial charge on any atom is -0.370 e. The molecule has 1 N–H and O–H groups in total. The molecule has 8 heteroatoms. The van der Waals surface area contributed by atoms with E-state index in [1.165, 1.54) is 12.5 Å². The van der Waals surface area contributed by atoms with Gasteiger partial charge in [0.2, 0.25) is 0 Å². The van der Waals surface area contributed by atoms with E-state index in [1.807, 2.05) is 6.07 Å². The number of morpholine rings is 1. The molecule has 1 atom stereocenters. The Morgan fingerprint density at radius 2 is 2.17 bits per heavy atom. The van der Waals surface area contributed by atoms with Gasteiger partial charge in [-0.05, 0) is 17.7 Å². The minimum atomic E-state index is -0.456. The fourth-order valence-electron chi connectivity index (χ4n) is 2.41. The number of H-pyrrole nitrogens is 1. The number of carbonyl (C=O) groups excluding carboxylic acids is 1. The highest BCUT2D eigenvalue weighted by molar-refractivity contribution is 6.42. The second kappa shape index (κ2) is 6.70. The fraction of sp³-hybridized carbons (Fsp3) is 0.267. The number of ether oxygens (including phenoxy) is 1. The fourth-order valence-corrected chi connectivity index (χ4v) is 2.72. The summed E-state index contributed by atoms with van der Waals surface area (Å²) >= 11 is 11.9. The third kappa shape index (κ3) is 3.39. The minimum absolute atomic E-state index is 0.0160. The summed E-state index contributed by atoms with van der Waals surface area (Å²) in [5.41, 5.74) is 0.391. The molecule has 3 rings (SSSR count). The highest BCUT2D eigenvalue weighted by Gasteiger charge is 2.27. The van der Waals surface area contributed by atoms with Gasteiger partial charge in [0.25, 0.3) is 11.5 Å². The molecule has 0 radical (unpaired) electrons. The van der Waals surface area contributed by atoms with Crippen LogP contribution >= 0.6 is 23.2 Å². The molecule has 1 aromatic heterocycles. The van der Waals surface area contributed by atoms with E-state index in [0.29, 0.717) is 29.7 Å². The smallest absolute Gasteiger partial charge is 0.263 e. The Kier molecular flexibility index (Phi) is 4.66. The van der Waals surface area contributed by atoms with Gasteiger partial charge in [-0.25, -0.2) is 4.98 Å². The van der Waals surface area contributed by atoms with E-state index in [4.69, 9.17) is 27.9 Å². The van der Waals surface area contributed by atoms with Crippen molar-refractivity contribution in [2.24, 2.45) is 0 Å². The van der Waals surface area contributed by atoms with E-state index >= 15 is 0 Å². The van der Waals surface area contributed by atoms with Crippen LogP contribution in [0.3, 0.4) is 0 Å². The molecule has 1 aliphatic rings. The molecule has 1 unspecified atom stereocenters. The van der Waals surface area contributed by atoms with E-state index in [0.717, 1.165) is 5.56 Å². The average molecular weight is 354 g/mol. The first-order valence-electron chi connectivity index (χ1n) is 6.95. The van der Waals surface area contributed by atoms with Crippen LogP contribution in [-0.4, -0.2) is 40.5 Å². The summed E-state index contributed by atoms with van der Waals surface area (Å²) in [6.07, 6.45) is 2.19. The van der Waals surface area contributed by atoms with Crippen LogP contribution in [0.1, 0.15) is 22.0 Å². The van der Waals surface area contributed by atoms with Gasteiger partial charge in [-0.15, -0.1) is 0 Å². The summed E-state index contributed by atoms with van der Waals surface area (Å²) in [5, 5.41) is 0.890. The van der Waals surface area contributed by atoms with Crippen molar-refractivity contribution in [3.63, 3.8) is 0 Å². The molecule has 0 aliphatic carbocycles. The SMILES string of the molecule is O=C(c1cnc[nH]c1=O)N1CCOC(c2ccc(Cl)c(Cl)c2)C1. The highest BCUT2D eigenvalue weighted by Crippen LogP contribution is 2.29. The van der Waals surface area contributed by atoms with Crippen molar-refractivity contribution in [1.29, 1.82) is 0 Å².